The summed E-state index contributed by atoms with van der Waals surface area (Å²) in [7, 11) is 1.70. The van der Waals surface area contributed by atoms with Crippen LogP contribution in [0, 0.1) is 5.82 Å². The van der Waals surface area contributed by atoms with Gasteiger partial charge in [-0.25, -0.2) is 9.18 Å². The Morgan fingerprint density at radius 1 is 1.08 bits per heavy atom. The first-order chi connectivity index (χ1) is 12.6. The molecule has 0 aliphatic rings. The summed E-state index contributed by atoms with van der Waals surface area (Å²) in [4.78, 5) is 18.0. The molecule has 0 spiro atoms. The molecule has 0 saturated heterocycles. The van der Waals surface area contributed by atoms with Gasteiger partial charge in [0.1, 0.15) is 17.3 Å². The first-order valence-electron chi connectivity index (χ1n) is 8.06. The minimum Gasteiger partial charge on any atom is -0.457 e. The summed E-state index contributed by atoms with van der Waals surface area (Å²) in [5, 5.41) is 2.81. The summed E-state index contributed by atoms with van der Waals surface area (Å²) in [6, 6.07) is 18.1. The van der Waals surface area contributed by atoms with Crippen LogP contribution in [0.2, 0.25) is 0 Å². The van der Waals surface area contributed by atoms with Gasteiger partial charge < -0.3 is 15.0 Å². The predicted molar refractivity (Wildman–Crippen MR) is 97.6 cm³/mol. The number of amides is 2. The molecular weight excluding hydrogens is 333 g/mol. The number of hydrogen-bond donors (Lipinski definition) is 1. The smallest absolute Gasteiger partial charge is 0.321 e. The molecule has 0 atom stereocenters. The summed E-state index contributed by atoms with van der Waals surface area (Å²) in [6.07, 6.45) is 1.69. The SMILES string of the molecule is CN(Cc1ccccn1)C(=O)Nc1ccc(Oc2cccc(F)c2)cc1. The van der Waals surface area contributed by atoms with Gasteiger partial charge in [-0.15, -0.1) is 0 Å². The van der Waals surface area contributed by atoms with E-state index in [1.807, 2.05) is 18.2 Å². The number of rotatable bonds is 5. The molecule has 132 valence electrons. The van der Waals surface area contributed by atoms with Crippen LogP contribution in [0.5, 0.6) is 11.5 Å². The van der Waals surface area contributed by atoms with E-state index in [4.69, 9.17) is 4.74 Å². The van der Waals surface area contributed by atoms with Crippen LogP contribution in [-0.4, -0.2) is 23.0 Å². The summed E-state index contributed by atoms with van der Waals surface area (Å²) >= 11 is 0. The lowest BCUT2D eigenvalue weighted by Gasteiger charge is -2.17. The van der Waals surface area contributed by atoms with E-state index in [1.165, 1.54) is 12.1 Å². The minimum absolute atomic E-state index is 0.241. The third-order valence-electron chi connectivity index (χ3n) is 3.61. The molecule has 0 fully saturated rings. The Kier molecular flexibility index (Phi) is 5.43. The Labute approximate surface area is 151 Å². The van der Waals surface area contributed by atoms with Gasteiger partial charge in [0, 0.05) is 25.0 Å². The van der Waals surface area contributed by atoms with Crippen LogP contribution in [0.1, 0.15) is 5.69 Å². The summed E-state index contributed by atoms with van der Waals surface area (Å²) in [5.41, 5.74) is 1.44. The predicted octanol–water partition coefficient (Wildman–Crippen LogP) is 4.68. The fourth-order valence-corrected chi connectivity index (χ4v) is 2.30. The van der Waals surface area contributed by atoms with Crippen molar-refractivity contribution in [3.05, 3.63) is 84.4 Å². The van der Waals surface area contributed by atoms with E-state index < -0.39 is 0 Å². The molecule has 1 N–H and O–H groups in total. The van der Waals surface area contributed by atoms with Crippen molar-refractivity contribution >= 4 is 11.7 Å². The zero-order valence-corrected chi connectivity index (χ0v) is 14.2. The lowest BCUT2D eigenvalue weighted by Crippen LogP contribution is -2.31. The zero-order valence-electron chi connectivity index (χ0n) is 14.2. The van der Waals surface area contributed by atoms with Crippen LogP contribution in [0.25, 0.3) is 0 Å². The van der Waals surface area contributed by atoms with Gasteiger partial charge in [0.05, 0.1) is 12.2 Å². The molecule has 26 heavy (non-hydrogen) atoms. The molecule has 3 aromatic rings. The number of halogens is 1. The summed E-state index contributed by atoms with van der Waals surface area (Å²) in [6.45, 7) is 0.410. The van der Waals surface area contributed by atoms with Crippen molar-refractivity contribution in [2.24, 2.45) is 0 Å². The second-order valence-corrected chi connectivity index (χ2v) is 5.69. The number of carbonyl (C=O) groups excluding carboxylic acids is 1. The number of nitrogens with one attached hydrogen (secondary N) is 1. The maximum absolute atomic E-state index is 13.2. The highest BCUT2D eigenvalue weighted by Gasteiger charge is 2.10. The van der Waals surface area contributed by atoms with Gasteiger partial charge in [0.25, 0.3) is 0 Å². The summed E-state index contributed by atoms with van der Waals surface area (Å²) in [5.74, 6) is 0.606. The second-order valence-electron chi connectivity index (χ2n) is 5.69. The monoisotopic (exact) mass is 351 g/mol. The number of benzene rings is 2. The van der Waals surface area contributed by atoms with Gasteiger partial charge in [-0.1, -0.05) is 12.1 Å². The van der Waals surface area contributed by atoms with Crippen LogP contribution >= 0.6 is 0 Å². The van der Waals surface area contributed by atoms with E-state index in [0.717, 1.165) is 5.69 Å². The van der Waals surface area contributed by atoms with Crippen molar-refractivity contribution in [2.45, 2.75) is 6.54 Å². The van der Waals surface area contributed by atoms with Crippen LogP contribution in [-0.2, 0) is 6.54 Å². The molecular formula is C20H18FN3O2. The first kappa shape index (κ1) is 17.4. The molecule has 3 rings (SSSR count). The van der Waals surface area contributed by atoms with Crippen molar-refractivity contribution in [1.82, 2.24) is 9.88 Å². The lowest BCUT2D eigenvalue weighted by molar-refractivity contribution is 0.220. The lowest BCUT2D eigenvalue weighted by atomic mass is 10.3. The molecule has 0 bridgehead atoms. The number of nitrogens with zero attached hydrogens (tertiary/aromatic N) is 2. The van der Waals surface area contributed by atoms with E-state index in [9.17, 15) is 9.18 Å². The van der Waals surface area contributed by atoms with Gasteiger partial charge in [-0.05, 0) is 48.5 Å². The van der Waals surface area contributed by atoms with Gasteiger partial charge in [0.2, 0.25) is 0 Å². The van der Waals surface area contributed by atoms with Gasteiger partial charge in [-0.2, -0.15) is 0 Å². The van der Waals surface area contributed by atoms with E-state index in [2.05, 4.69) is 10.3 Å². The number of ether oxygens (including phenoxy) is 1. The van der Waals surface area contributed by atoms with Crippen molar-refractivity contribution in [1.29, 1.82) is 0 Å². The zero-order chi connectivity index (χ0) is 18.4. The Morgan fingerprint density at radius 3 is 2.58 bits per heavy atom. The second kappa shape index (κ2) is 8.11. The molecule has 0 saturated carbocycles. The highest BCUT2D eigenvalue weighted by molar-refractivity contribution is 5.89. The Hall–Kier alpha value is -3.41. The fraction of sp³-hybridized carbons (Fsp3) is 0.100. The minimum atomic E-state index is -0.359. The molecule has 5 nitrogen and oxygen atoms in total. The third-order valence-corrected chi connectivity index (χ3v) is 3.61. The largest absolute Gasteiger partial charge is 0.457 e. The van der Waals surface area contributed by atoms with Crippen LogP contribution in [0.4, 0.5) is 14.9 Å². The molecule has 2 aromatic carbocycles. The molecule has 0 aliphatic heterocycles. The Morgan fingerprint density at radius 2 is 1.88 bits per heavy atom. The van der Waals surface area contributed by atoms with Crippen LogP contribution < -0.4 is 10.1 Å². The number of urea groups is 1. The molecule has 0 radical (unpaired) electrons. The van der Waals surface area contributed by atoms with E-state index >= 15 is 0 Å². The maximum atomic E-state index is 13.2. The Bertz CT molecular complexity index is 870. The first-order valence-corrected chi connectivity index (χ1v) is 8.06. The quantitative estimate of drug-likeness (QED) is 0.726. The molecule has 0 unspecified atom stereocenters. The average molecular weight is 351 g/mol. The molecule has 6 heteroatoms. The maximum Gasteiger partial charge on any atom is 0.321 e. The number of aromatic nitrogens is 1. The van der Waals surface area contributed by atoms with E-state index in [1.54, 1.807) is 54.5 Å². The van der Waals surface area contributed by atoms with Crippen molar-refractivity contribution in [2.75, 3.05) is 12.4 Å². The fourth-order valence-electron chi connectivity index (χ4n) is 2.30. The summed E-state index contributed by atoms with van der Waals surface area (Å²) < 4.78 is 18.7. The normalized spacial score (nSPS) is 10.2. The Balaban J connectivity index is 1.57. The van der Waals surface area contributed by atoms with Crippen LogP contribution in [0.3, 0.4) is 0 Å². The van der Waals surface area contributed by atoms with Crippen molar-refractivity contribution < 1.29 is 13.9 Å². The number of anilines is 1. The highest BCUT2D eigenvalue weighted by Crippen LogP contribution is 2.23. The molecule has 2 amide bonds. The van der Waals surface area contributed by atoms with E-state index in [-0.39, 0.29) is 11.8 Å². The number of carbonyl (C=O) groups is 1. The standard InChI is InChI=1S/C20H18FN3O2/c1-24(14-17-6-2-3-12-22-17)20(25)23-16-8-10-18(11-9-16)26-19-7-4-5-15(21)13-19/h2-13H,14H2,1H3,(H,23,25). The van der Waals surface area contributed by atoms with Gasteiger partial charge >= 0.3 is 6.03 Å². The molecule has 1 heterocycles. The average Bonchev–Trinajstić information content (AvgIpc) is 2.64. The molecule has 0 aliphatic carbocycles. The van der Waals surface area contributed by atoms with Crippen molar-refractivity contribution in [3.8, 4) is 11.5 Å². The topological polar surface area (TPSA) is 54.5 Å². The number of pyridine rings is 1. The van der Waals surface area contributed by atoms with Crippen molar-refractivity contribution in [3.63, 3.8) is 0 Å². The highest BCUT2D eigenvalue weighted by atomic mass is 19.1. The number of hydrogen-bond acceptors (Lipinski definition) is 3. The van der Waals surface area contributed by atoms with Crippen LogP contribution in [0.15, 0.2) is 72.9 Å². The van der Waals surface area contributed by atoms with Gasteiger partial charge in [0.15, 0.2) is 0 Å². The van der Waals surface area contributed by atoms with Gasteiger partial charge in [-0.3, -0.25) is 4.98 Å². The third kappa shape index (κ3) is 4.80. The molecule has 1 aromatic heterocycles. The van der Waals surface area contributed by atoms with E-state index in [0.29, 0.717) is 23.7 Å².